The van der Waals surface area contributed by atoms with Crippen molar-refractivity contribution in [1.29, 1.82) is 0 Å². The third kappa shape index (κ3) is 2.02. The van der Waals surface area contributed by atoms with Crippen LogP contribution < -0.4 is 0 Å². The Morgan fingerprint density at radius 1 is 1.82 bits per heavy atom. The Balaban J connectivity index is 2.38. The third-order valence-corrected chi connectivity index (χ3v) is 1.76. The molecule has 2 N–H and O–H groups in total. The van der Waals surface area contributed by atoms with Crippen LogP contribution in [0.2, 0.25) is 0 Å². The van der Waals surface area contributed by atoms with E-state index < -0.39 is 18.3 Å². The zero-order chi connectivity index (χ0) is 8.27. The Kier molecular flexibility index (Phi) is 3.05. The number of rotatable bonds is 3. The zero-order valence-corrected chi connectivity index (χ0v) is 6.31. The summed E-state index contributed by atoms with van der Waals surface area (Å²) >= 11 is 0. The minimum Gasteiger partial charge on any atom is -0.390 e. The van der Waals surface area contributed by atoms with E-state index in [4.69, 9.17) is 4.74 Å². The molecule has 1 saturated heterocycles. The van der Waals surface area contributed by atoms with Gasteiger partial charge in [-0.3, -0.25) is 0 Å². The summed E-state index contributed by atoms with van der Waals surface area (Å²) in [6.07, 6.45) is 0.896. The van der Waals surface area contributed by atoms with Crippen LogP contribution in [0.1, 0.15) is 12.8 Å². The van der Waals surface area contributed by atoms with Gasteiger partial charge in [-0.25, -0.2) is 0 Å². The molecule has 0 spiro atoms. The highest BCUT2D eigenvalue weighted by Gasteiger charge is 2.31. The van der Waals surface area contributed by atoms with Gasteiger partial charge in [0.2, 0.25) is 0 Å². The normalized spacial score (nSPS) is 33.6. The van der Waals surface area contributed by atoms with Gasteiger partial charge in [0.25, 0.3) is 0 Å². The van der Waals surface area contributed by atoms with Crippen LogP contribution in [0, 0.1) is 6.61 Å². The predicted octanol–water partition coefficient (Wildman–Crippen LogP) is 0.235. The van der Waals surface area contributed by atoms with E-state index in [1.54, 1.807) is 6.08 Å². The SMILES string of the molecule is C=CCC(O)[C@H]1O[CH]C[C@@H]1O. The molecular weight excluding hydrogens is 144 g/mol. The molecule has 63 valence electrons. The van der Waals surface area contributed by atoms with Gasteiger partial charge in [0.1, 0.15) is 6.10 Å². The Labute approximate surface area is 66.3 Å². The van der Waals surface area contributed by atoms with Crippen molar-refractivity contribution in [1.82, 2.24) is 0 Å². The molecule has 0 aromatic carbocycles. The molecule has 1 aliphatic rings. The maximum absolute atomic E-state index is 9.34. The van der Waals surface area contributed by atoms with Gasteiger partial charge in [0, 0.05) is 6.42 Å². The highest BCUT2D eigenvalue weighted by Crippen LogP contribution is 2.21. The molecule has 1 aliphatic heterocycles. The average molecular weight is 157 g/mol. The summed E-state index contributed by atoms with van der Waals surface area (Å²) in [4.78, 5) is 0. The maximum Gasteiger partial charge on any atom is 0.110 e. The van der Waals surface area contributed by atoms with Gasteiger partial charge in [-0.2, -0.15) is 0 Å². The van der Waals surface area contributed by atoms with Crippen molar-refractivity contribution in [3.8, 4) is 0 Å². The molecule has 0 bridgehead atoms. The van der Waals surface area contributed by atoms with E-state index in [0.29, 0.717) is 12.8 Å². The minimum absolute atomic E-state index is 0.454. The van der Waals surface area contributed by atoms with Gasteiger partial charge < -0.3 is 14.9 Å². The first-order chi connectivity index (χ1) is 5.25. The average Bonchev–Trinajstić information content (AvgIpc) is 2.36. The number of aliphatic hydroxyl groups is 2. The fraction of sp³-hybridized carbons (Fsp3) is 0.625. The van der Waals surface area contributed by atoms with Crippen molar-refractivity contribution < 1.29 is 14.9 Å². The van der Waals surface area contributed by atoms with E-state index in [1.165, 1.54) is 6.61 Å². The van der Waals surface area contributed by atoms with E-state index >= 15 is 0 Å². The summed E-state index contributed by atoms with van der Waals surface area (Å²) in [5, 5.41) is 18.6. The van der Waals surface area contributed by atoms with Crippen LogP contribution in [0.25, 0.3) is 0 Å². The molecule has 0 aromatic rings. The molecule has 3 atom stereocenters. The van der Waals surface area contributed by atoms with Crippen LogP contribution in [0.5, 0.6) is 0 Å². The first kappa shape index (κ1) is 8.71. The molecule has 1 unspecified atom stereocenters. The summed E-state index contributed by atoms with van der Waals surface area (Å²) in [6.45, 7) is 5.02. The Bertz CT molecular complexity index is 135. The molecule has 11 heavy (non-hydrogen) atoms. The first-order valence-electron chi connectivity index (χ1n) is 3.70. The van der Waals surface area contributed by atoms with E-state index in [0.717, 1.165) is 0 Å². The summed E-state index contributed by atoms with van der Waals surface area (Å²) in [5.74, 6) is 0. The van der Waals surface area contributed by atoms with Crippen LogP contribution >= 0.6 is 0 Å². The van der Waals surface area contributed by atoms with Gasteiger partial charge in [-0.05, 0) is 6.42 Å². The second-order valence-corrected chi connectivity index (χ2v) is 2.66. The van der Waals surface area contributed by atoms with Crippen molar-refractivity contribution in [3.63, 3.8) is 0 Å². The van der Waals surface area contributed by atoms with Crippen molar-refractivity contribution in [2.75, 3.05) is 0 Å². The number of hydrogen-bond donors (Lipinski definition) is 2. The predicted molar refractivity (Wildman–Crippen MR) is 40.6 cm³/mol. The van der Waals surface area contributed by atoms with Crippen LogP contribution in [0.4, 0.5) is 0 Å². The van der Waals surface area contributed by atoms with Crippen LogP contribution in [0.3, 0.4) is 0 Å². The smallest absolute Gasteiger partial charge is 0.110 e. The molecule has 0 aromatic heterocycles. The third-order valence-electron chi connectivity index (χ3n) is 1.76. The summed E-state index contributed by atoms with van der Waals surface area (Å²) in [5.41, 5.74) is 0. The Morgan fingerprint density at radius 3 is 3.00 bits per heavy atom. The molecule has 0 saturated carbocycles. The fourth-order valence-electron chi connectivity index (χ4n) is 1.14. The van der Waals surface area contributed by atoms with Crippen molar-refractivity contribution >= 4 is 0 Å². The van der Waals surface area contributed by atoms with E-state index in [1.807, 2.05) is 0 Å². The number of ether oxygens (including phenoxy) is 1. The quantitative estimate of drug-likeness (QED) is 0.577. The lowest BCUT2D eigenvalue weighted by Gasteiger charge is -2.18. The molecule has 1 rings (SSSR count). The second-order valence-electron chi connectivity index (χ2n) is 2.66. The molecule has 3 nitrogen and oxygen atoms in total. The highest BCUT2D eigenvalue weighted by molar-refractivity contribution is 4.89. The van der Waals surface area contributed by atoms with E-state index in [9.17, 15) is 10.2 Å². The van der Waals surface area contributed by atoms with Crippen molar-refractivity contribution in [3.05, 3.63) is 19.3 Å². The largest absolute Gasteiger partial charge is 0.390 e. The summed E-state index contributed by atoms with van der Waals surface area (Å²) in [7, 11) is 0. The summed E-state index contributed by atoms with van der Waals surface area (Å²) in [6, 6.07) is 0. The van der Waals surface area contributed by atoms with Gasteiger partial charge >= 0.3 is 0 Å². The standard InChI is InChI=1S/C8H13O3/c1-2-3-6(9)8-7(10)4-5-11-8/h2,5-10H,1,3-4H2/t6?,7-,8+/m0/s1. The molecule has 1 fully saturated rings. The molecule has 0 amide bonds. The zero-order valence-electron chi connectivity index (χ0n) is 6.31. The van der Waals surface area contributed by atoms with Gasteiger partial charge in [-0.15, -0.1) is 6.58 Å². The monoisotopic (exact) mass is 157 g/mol. The number of aliphatic hydroxyl groups excluding tert-OH is 2. The first-order valence-corrected chi connectivity index (χ1v) is 3.70. The highest BCUT2D eigenvalue weighted by atomic mass is 16.5. The molecule has 1 radical (unpaired) electrons. The van der Waals surface area contributed by atoms with Gasteiger partial charge in [-0.1, -0.05) is 6.08 Å². The Hall–Kier alpha value is -0.380. The van der Waals surface area contributed by atoms with Crippen molar-refractivity contribution in [2.45, 2.75) is 31.2 Å². The van der Waals surface area contributed by atoms with Gasteiger partial charge in [0.05, 0.1) is 18.8 Å². The Morgan fingerprint density at radius 2 is 2.55 bits per heavy atom. The van der Waals surface area contributed by atoms with Crippen LogP contribution in [-0.4, -0.2) is 28.5 Å². The summed E-state index contributed by atoms with van der Waals surface area (Å²) < 4.78 is 5.01. The van der Waals surface area contributed by atoms with E-state index in [2.05, 4.69) is 6.58 Å². The topological polar surface area (TPSA) is 49.7 Å². The maximum atomic E-state index is 9.34. The van der Waals surface area contributed by atoms with Gasteiger partial charge in [0.15, 0.2) is 0 Å². The van der Waals surface area contributed by atoms with Crippen molar-refractivity contribution in [2.24, 2.45) is 0 Å². The van der Waals surface area contributed by atoms with Crippen LogP contribution in [0.15, 0.2) is 12.7 Å². The molecule has 1 heterocycles. The lowest BCUT2D eigenvalue weighted by molar-refractivity contribution is -0.0327. The lowest BCUT2D eigenvalue weighted by atomic mass is 10.1. The second kappa shape index (κ2) is 3.85. The fourth-order valence-corrected chi connectivity index (χ4v) is 1.14. The molecular formula is C8H13O3. The number of hydrogen-bond acceptors (Lipinski definition) is 3. The lowest BCUT2D eigenvalue weighted by Crippen LogP contribution is -2.33. The molecule has 0 aliphatic carbocycles. The molecule has 3 heteroatoms. The van der Waals surface area contributed by atoms with Crippen LogP contribution in [-0.2, 0) is 4.74 Å². The minimum atomic E-state index is -0.638. The van der Waals surface area contributed by atoms with E-state index in [-0.39, 0.29) is 0 Å².